The summed E-state index contributed by atoms with van der Waals surface area (Å²) in [6.07, 6.45) is 1.54. The lowest BCUT2D eigenvalue weighted by Gasteiger charge is -2.12. The van der Waals surface area contributed by atoms with E-state index in [4.69, 9.17) is 4.74 Å². The maximum absolute atomic E-state index is 12.9. The first-order chi connectivity index (χ1) is 12.4. The van der Waals surface area contributed by atoms with Crippen LogP contribution in [0.15, 0.2) is 54.9 Å². The number of aryl methyl sites for hydroxylation is 1. The van der Waals surface area contributed by atoms with Gasteiger partial charge in [0.2, 0.25) is 10.0 Å². The van der Waals surface area contributed by atoms with Crippen molar-refractivity contribution in [3.63, 3.8) is 0 Å². The van der Waals surface area contributed by atoms with Gasteiger partial charge < -0.3 is 9.30 Å². The Morgan fingerprint density at radius 2 is 1.88 bits per heavy atom. The fourth-order valence-electron chi connectivity index (χ4n) is 2.31. The molecule has 3 rings (SSSR count). The topological polar surface area (TPSA) is 86.1 Å². The van der Waals surface area contributed by atoms with Gasteiger partial charge in [0.25, 0.3) is 0 Å². The minimum atomic E-state index is -3.65. The second-order valence-corrected chi connectivity index (χ2v) is 7.38. The van der Waals surface area contributed by atoms with Gasteiger partial charge in [0.15, 0.2) is 5.82 Å². The lowest BCUT2D eigenvalue weighted by molar-refractivity contribution is 0.340. The van der Waals surface area contributed by atoms with E-state index in [0.717, 1.165) is 0 Å². The Labute approximate surface area is 150 Å². The number of hydrogen-bond donors (Lipinski definition) is 1. The van der Waals surface area contributed by atoms with Crippen LogP contribution in [0.4, 0.5) is 10.1 Å². The lowest BCUT2D eigenvalue weighted by Crippen LogP contribution is -2.21. The van der Waals surface area contributed by atoms with Crippen LogP contribution in [0.25, 0.3) is 11.4 Å². The van der Waals surface area contributed by atoms with Gasteiger partial charge in [0, 0.05) is 12.6 Å². The van der Waals surface area contributed by atoms with Crippen LogP contribution in [-0.2, 0) is 17.1 Å². The van der Waals surface area contributed by atoms with E-state index in [9.17, 15) is 12.8 Å². The molecule has 26 heavy (non-hydrogen) atoms. The van der Waals surface area contributed by atoms with E-state index in [1.54, 1.807) is 35.9 Å². The maximum Gasteiger partial charge on any atom is 0.236 e. The molecule has 1 aromatic heterocycles. The molecule has 0 aliphatic heterocycles. The first-order valence-electron chi connectivity index (χ1n) is 7.77. The number of halogens is 1. The Bertz CT molecular complexity index is 987. The predicted octanol–water partition coefficient (Wildman–Crippen LogP) is 2.44. The molecule has 9 heteroatoms. The van der Waals surface area contributed by atoms with Gasteiger partial charge in [-0.2, -0.15) is 0 Å². The van der Waals surface area contributed by atoms with Crippen LogP contribution in [0, 0.1) is 5.82 Å². The number of para-hydroxylation sites is 1. The Balaban J connectivity index is 1.68. The highest BCUT2D eigenvalue weighted by Gasteiger charge is 2.16. The molecule has 1 heterocycles. The molecule has 0 unspecified atom stereocenters. The summed E-state index contributed by atoms with van der Waals surface area (Å²) in [6.45, 7) is -0.0624. The predicted molar refractivity (Wildman–Crippen MR) is 95.7 cm³/mol. The summed E-state index contributed by atoms with van der Waals surface area (Å²) in [5.41, 5.74) is 1.03. The number of aromatic nitrogens is 3. The number of anilines is 1. The minimum Gasteiger partial charge on any atom is -0.492 e. The Morgan fingerprint density at radius 1 is 1.15 bits per heavy atom. The molecule has 0 bridgehead atoms. The molecule has 0 spiro atoms. The van der Waals surface area contributed by atoms with Gasteiger partial charge in [0.1, 0.15) is 30.3 Å². The fraction of sp³-hybridized carbons (Fsp3) is 0.176. The van der Waals surface area contributed by atoms with Crippen LogP contribution >= 0.6 is 0 Å². The third-order valence-electron chi connectivity index (χ3n) is 3.58. The van der Waals surface area contributed by atoms with Crippen molar-refractivity contribution < 1.29 is 17.5 Å². The van der Waals surface area contributed by atoms with Crippen molar-refractivity contribution in [2.45, 2.75) is 0 Å². The second-order valence-electron chi connectivity index (χ2n) is 5.53. The molecule has 0 saturated carbocycles. The number of hydrogen-bond acceptors (Lipinski definition) is 5. The van der Waals surface area contributed by atoms with Crippen LogP contribution in [0.2, 0.25) is 0 Å². The van der Waals surface area contributed by atoms with Gasteiger partial charge in [-0.05, 0) is 36.4 Å². The van der Waals surface area contributed by atoms with E-state index in [1.807, 2.05) is 0 Å². The SMILES string of the molecule is Cn1cnnc1-c1ccccc1NS(=O)(=O)CCOc1ccc(F)cc1. The molecule has 2 aromatic carbocycles. The van der Waals surface area contributed by atoms with Crippen LogP contribution in [0.5, 0.6) is 5.75 Å². The van der Waals surface area contributed by atoms with E-state index < -0.39 is 10.0 Å². The lowest BCUT2D eigenvalue weighted by atomic mass is 10.2. The number of rotatable bonds is 7. The van der Waals surface area contributed by atoms with Crippen LogP contribution in [-0.4, -0.2) is 35.5 Å². The molecular formula is C17H17FN4O3S. The largest absolute Gasteiger partial charge is 0.492 e. The molecular weight excluding hydrogens is 359 g/mol. The van der Waals surface area contributed by atoms with Crippen molar-refractivity contribution in [2.75, 3.05) is 17.1 Å². The van der Waals surface area contributed by atoms with Crippen LogP contribution < -0.4 is 9.46 Å². The van der Waals surface area contributed by atoms with Gasteiger partial charge in [-0.1, -0.05) is 12.1 Å². The average molecular weight is 376 g/mol. The standard InChI is InChI=1S/C17H17FN4O3S/c1-22-12-19-20-17(22)15-4-2-3-5-16(15)21-26(23,24)11-10-25-14-8-6-13(18)7-9-14/h2-9,12,21H,10-11H2,1H3. The third-order valence-corrected chi connectivity index (χ3v) is 4.81. The molecule has 3 aromatic rings. The fourth-order valence-corrected chi connectivity index (χ4v) is 3.23. The minimum absolute atomic E-state index is 0.0624. The molecule has 0 atom stereocenters. The average Bonchev–Trinajstić information content (AvgIpc) is 3.02. The summed E-state index contributed by atoms with van der Waals surface area (Å²) in [6, 6.07) is 12.3. The highest BCUT2D eigenvalue weighted by Crippen LogP contribution is 2.26. The van der Waals surface area contributed by atoms with Crippen molar-refractivity contribution in [3.8, 4) is 17.1 Å². The molecule has 0 saturated heterocycles. The van der Waals surface area contributed by atoms with Gasteiger partial charge in [0.05, 0.1) is 5.69 Å². The summed E-state index contributed by atoms with van der Waals surface area (Å²) in [5, 5.41) is 7.82. The van der Waals surface area contributed by atoms with E-state index in [2.05, 4.69) is 14.9 Å². The van der Waals surface area contributed by atoms with E-state index in [-0.39, 0.29) is 18.2 Å². The number of sulfonamides is 1. The number of nitrogens with zero attached hydrogens (tertiary/aromatic N) is 3. The Morgan fingerprint density at radius 3 is 2.58 bits per heavy atom. The Hall–Kier alpha value is -2.94. The molecule has 0 aliphatic carbocycles. The highest BCUT2D eigenvalue weighted by molar-refractivity contribution is 7.92. The number of benzene rings is 2. The third kappa shape index (κ3) is 4.37. The van der Waals surface area contributed by atoms with Gasteiger partial charge in [-0.3, -0.25) is 4.72 Å². The molecule has 0 fully saturated rings. The number of nitrogens with one attached hydrogen (secondary N) is 1. The van der Waals surface area contributed by atoms with Crippen molar-refractivity contribution in [2.24, 2.45) is 7.05 Å². The monoisotopic (exact) mass is 376 g/mol. The van der Waals surface area contributed by atoms with E-state index >= 15 is 0 Å². The zero-order chi connectivity index (χ0) is 18.6. The molecule has 136 valence electrons. The van der Waals surface area contributed by atoms with Crippen molar-refractivity contribution in [1.82, 2.24) is 14.8 Å². The van der Waals surface area contributed by atoms with Crippen molar-refractivity contribution >= 4 is 15.7 Å². The van der Waals surface area contributed by atoms with Crippen LogP contribution in [0.1, 0.15) is 0 Å². The molecule has 1 N–H and O–H groups in total. The first kappa shape index (κ1) is 17.9. The first-order valence-corrected chi connectivity index (χ1v) is 9.42. The summed E-state index contributed by atoms with van der Waals surface area (Å²) >= 11 is 0. The van der Waals surface area contributed by atoms with Crippen molar-refractivity contribution in [1.29, 1.82) is 0 Å². The summed E-state index contributed by atoms with van der Waals surface area (Å²) in [4.78, 5) is 0. The zero-order valence-electron chi connectivity index (χ0n) is 14.0. The Kier molecular flexibility index (Phi) is 5.17. The van der Waals surface area contributed by atoms with E-state index in [0.29, 0.717) is 22.8 Å². The van der Waals surface area contributed by atoms with Crippen LogP contribution in [0.3, 0.4) is 0 Å². The summed E-state index contributed by atoms with van der Waals surface area (Å²) < 4.78 is 47.2. The molecule has 7 nitrogen and oxygen atoms in total. The van der Waals surface area contributed by atoms with Gasteiger partial charge in [-0.15, -0.1) is 10.2 Å². The quantitative estimate of drug-likeness (QED) is 0.684. The number of ether oxygens (including phenoxy) is 1. The molecule has 0 amide bonds. The highest BCUT2D eigenvalue weighted by atomic mass is 32.2. The summed E-state index contributed by atoms with van der Waals surface area (Å²) in [5.74, 6) is 0.316. The molecule has 0 radical (unpaired) electrons. The van der Waals surface area contributed by atoms with Crippen molar-refractivity contribution in [3.05, 3.63) is 60.7 Å². The second kappa shape index (κ2) is 7.52. The van der Waals surface area contributed by atoms with E-state index in [1.165, 1.54) is 30.6 Å². The molecule has 0 aliphatic rings. The van der Waals surface area contributed by atoms with Gasteiger partial charge in [-0.25, -0.2) is 12.8 Å². The smallest absolute Gasteiger partial charge is 0.236 e. The summed E-state index contributed by atoms with van der Waals surface area (Å²) in [7, 11) is -1.87. The normalized spacial score (nSPS) is 11.3. The maximum atomic E-state index is 12.9. The van der Waals surface area contributed by atoms with Gasteiger partial charge >= 0.3 is 0 Å². The zero-order valence-corrected chi connectivity index (χ0v) is 14.8.